The van der Waals surface area contributed by atoms with Crippen LogP contribution in [0.25, 0.3) is 0 Å². The van der Waals surface area contributed by atoms with Gasteiger partial charge in [0.05, 0.1) is 33.7 Å². The van der Waals surface area contributed by atoms with Crippen LogP contribution in [0.4, 0.5) is 11.4 Å². The average Bonchev–Trinajstić information content (AvgIpc) is 2.79. The average molecular weight is 289 g/mol. The maximum absolute atomic E-state index is 11.7. The molecule has 1 heterocycles. The van der Waals surface area contributed by atoms with E-state index in [1.807, 2.05) is 0 Å². The molecule has 8 heteroatoms. The first kappa shape index (κ1) is 12.1. The van der Waals surface area contributed by atoms with E-state index in [4.69, 9.17) is 28.9 Å². The van der Waals surface area contributed by atoms with Crippen LogP contribution in [0.2, 0.25) is 10.0 Å². The number of anilines is 2. The summed E-state index contributed by atoms with van der Waals surface area (Å²) in [4.78, 5) is 11.7. The van der Waals surface area contributed by atoms with Gasteiger partial charge < -0.3 is 11.1 Å². The summed E-state index contributed by atoms with van der Waals surface area (Å²) in [6.45, 7) is 0. The molecule has 1 aromatic carbocycles. The first-order valence-electron chi connectivity index (χ1n) is 4.41. The predicted molar refractivity (Wildman–Crippen MR) is 68.7 cm³/mol. The Labute approximate surface area is 111 Å². The predicted octanol–water partition coefficient (Wildman–Crippen LogP) is 2.68. The number of rotatable bonds is 2. The first-order valence-corrected chi connectivity index (χ1v) is 5.90. The lowest BCUT2D eigenvalue weighted by atomic mass is 10.2. The Bertz CT molecular complexity index is 535. The molecule has 2 aromatic rings. The zero-order valence-electron chi connectivity index (χ0n) is 8.28. The Hall–Kier alpha value is -1.37. The zero-order valence-corrected chi connectivity index (χ0v) is 10.6. The molecule has 0 spiro atoms. The summed E-state index contributed by atoms with van der Waals surface area (Å²) in [7, 11) is 0. The lowest BCUT2D eigenvalue weighted by molar-refractivity contribution is 0.102. The summed E-state index contributed by atoms with van der Waals surface area (Å²) in [5, 5.41) is 3.16. The second-order valence-electron chi connectivity index (χ2n) is 3.10. The monoisotopic (exact) mass is 288 g/mol. The van der Waals surface area contributed by atoms with Crippen molar-refractivity contribution in [3.8, 4) is 0 Å². The van der Waals surface area contributed by atoms with Gasteiger partial charge in [-0.2, -0.15) is 8.75 Å². The van der Waals surface area contributed by atoms with E-state index in [0.29, 0.717) is 5.69 Å². The molecule has 88 valence electrons. The van der Waals surface area contributed by atoms with Crippen LogP contribution >= 0.6 is 34.9 Å². The molecule has 2 rings (SSSR count). The number of aromatic nitrogens is 2. The van der Waals surface area contributed by atoms with Crippen molar-refractivity contribution in [3.05, 3.63) is 34.1 Å². The maximum atomic E-state index is 11.7. The number of carbonyl (C=O) groups excluding carboxylic acids is 1. The van der Waals surface area contributed by atoms with Gasteiger partial charge >= 0.3 is 0 Å². The molecule has 0 unspecified atom stereocenters. The number of nitrogen functional groups attached to an aromatic ring is 1. The Balaban J connectivity index is 2.22. The van der Waals surface area contributed by atoms with Crippen LogP contribution in [0.15, 0.2) is 18.3 Å². The quantitative estimate of drug-likeness (QED) is 0.833. The van der Waals surface area contributed by atoms with Crippen molar-refractivity contribution in [3.63, 3.8) is 0 Å². The van der Waals surface area contributed by atoms with Gasteiger partial charge in [-0.1, -0.05) is 23.2 Å². The van der Waals surface area contributed by atoms with Crippen LogP contribution < -0.4 is 11.1 Å². The normalized spacial score (nSPS) is 10.2. The molecule has 0 aliphatic carbocycles. The van der Waals surface area contributed by atoms with Crippen molar-refractivity contribution in [1.29, 1.82) is 0 Å². The number of benzene rings is 1. The number of hydrogen-bond acceptors (Lipinski definition) is 5. The molecule has 17 heavy (non-hydrogen) atoms. The summed E-state index contributed by atoms with van der Waals surface area (Å²) in [6.07, 6.45) is 1.38. The first-order chi connectivity index (χ1) is 8.08. The Morgan fingerprint density at radius 3 is 2.53 bits per heavy atom. The molecule has 0 bridgehead atoms. The summed E-state index contributed by atoms with van der Waals surface area (Å²) in [5.74, 6) is -0.379. The maximum Gasteiger partial charge on any atom is 0.277 e. The van der Waals surface area contributed by atoms with Crippen molar-refractivity contribution in [1.82, 2.24) is 8.75 Å². The molecule has 0 fully saturated rings. The Morgan fingerprint density at radius 2 is 2.00 bits per heavy atom. The van der Waals surface area contributed by atoms with Crippen LogP contribution in [0.5, 0.6) is 0 Å². The van der Waals surface area contributed by atoms with E-state index >= 15 is 0 Å². The highest BCUT2D eigenvalue weighted by Gasteiger charge is 2.11. The molecule has 0 aliphatic heterocycles. The fourth-order valence-corrected chi connectivity index (χ4v) is 2.02. The fraction of sp³-hybridized carbons (Fsp3) is 0. The van der Waals surface area contributed by atoms with Crippen molar-refractivity contribution < 1.29 is 4.79 Å². The second-order valence-corrected chi connectivity index (χ2v) is 4.47. The van der Waals surface area contributed by atoms with Gasteiger partial charge in [0.2, 0.25) is 0 Å². The SMILES string of the molecule is Nc1c(Cl)cc(NC(=O)c2cnsn2)cc1Cl. The molecule has 5 nitrogen and oxygen atoms in total. The van der Waals surface area contributed by atoms with Crippen LogP contribution in [0.1, 0.15) is 10.5 Å². The number of hydrogen-bond donors (Lipinski definition) is 2. The molecule has 0 saturated carbocycles. The minimum absolute atomic E-state index is 0.235. The van der Waals surface area contributed by atoms with Gasteiger partial charge in [-0.3, -0.25) is 4.79 Å². The van der Waals surface area contributed by atoms with Crippen molar-refractivity contribution in [2.75, 3.05) is 11.1 Å². The Kier molecular flexibility index (Phi) is 3.46. The highest BCUT2D eigenvalue weighted by atomic mass is 35.5. The highest BCUT2D eigenvalue weighted by Crippen LogP contribution is 2.31. The molecule has 0 aliphatic rings. The summed E-state index contributed by atoms with van der Waals surface area (Å²) >= 11 is 12.6. The van der Waals surface area contributed by atoms with Gasteiger partial charge in [0.1, 0.15) is 0 Å². The van der Waals surface area contributed by atoms with Gasteiger partial charge in [-0.15, -0.1) is 0 Å². The van der Waals surface area contributed by atoms with E-state index in [-0.39, 0.29) is 27.3 Å². The lowest BCUT2D eigenvalue weighted by Crippen LogP contribution is -2.12. The number of nitrogens with one attached hydrogen (secondary N) is 1. The van der Waals surface area contributed by atoms with Crippen LogP contribution in [0.3, 0.4) is 0 Å². The van der Waals surface area contributed by atoms with Crippen LogP contribution in [0, 0.1) is 0 Å². The van der Waals surface area contributed by atoms with Crippen LogP contribution in [-0.4, -0.2) is 14.7 Å². The largest absolute Gasteiger partial charge is 0.396 e. The highest BCUT2D eigenvalue weighted by molar-refractivity contribution is 6.99. The van der Waals surface area contributed by atoms with Crippen molar-refractivity contribution >= 4 is 52.2 Å². The topological polar surface area (TPSA) is 80.9 Å². The van der Waals surface area contributed by atoms with E-state index in [1.54, 1.807) is 0 Å². The molecular weight excluding hydrogens is 283 g/mol. The van der Waals surface area contributed by atoms with Gasteiger partial charge in [-0.25, -0.2) is 0 Å². The second kappa shape index (κ2) is 4.87. The molecular formula is C9H6Cl2N4OS. The van der Waals surface area contributed by atoms with E-state index in [2.05, 4.69) is 14.1 Å². The van der Waals surface area contributed by atoms with E-state index < -0.39 is 0 Å². The number of nitrogens with two attached hydrogens (primary N) is 1. The van der Waals surface area contributed by atoms with Crippen molar-refractivity contribution in [2.24, 2.45) is 0 Å². The molecule has 0 atom stereocenters. The smallest absolute Gasteiger partial charge is 0.277 e. The third-order valence-electron chi connectivity index (χ3n) is 1.93. The zero-order chi connectivity index (χ0) is 12.4. The summed E-state index contributed by atoms with van der Waals surface area (Å²) in [5.41, 5.74) is 6.54. The van der Waals surface area contributed by atoms with E-state index in [1.165, 1.54) is 18.3 Å². The third-order valence-corrected chi connectivity index (χ3v) is 3.03. The number of halogens is 2. The third kappa shape index (κ3) is 2.66. The fourth-order valence-electron chi connectivity index (χ4n) is 1.12. The van der Waals surface area contributed by atoms with Crippen molar-refractivity contribution in [2.45, 2.75) is 0 Å². The summed E-state index contributed by atoms with van der Waals surface area (Å²) in [6, 6.07) is 3.03. The van der Waals surface area contributed by atoms with Gasteiger partial charge in [0.25, 0.3) is 5.91 Å². The number of nitrogens with zero attached hydrogens (tertiary/aromatic N) is 2. The van der Waals surface area contributed by atoms with Gasteiger partial charge in [0, 0.05) is 5.69 Å². The molecule has 0 saturated heterocycles. The standard InChI is InChI=1S/C9H6Cl2N4OS/c10-5-1-4(2-6(11)8(5)12)14-9(16)7-3-13-17-15-7/h1-3H,12H2,(H,14,16). The number of carbonyl (C=O) groups is 1. The lowest BCUT2D eigenvalue weighted by Gasteiger charge is -2.07. The molecule has 1 amide bonds. The minimum Gasteiger partial charge on any atom is -0.396 e. The van der Waals surface area contributed by atoms with E-state index in [9.17, 15) is 4.79 Å². The van der Waals surface area contributed by atoms with Gasteiger partial charge in [-0.05, 0) is 12.1 Å². The Morgan fingerprint density at radius 1 is 1.35 bits per heavy atom. The van der Waals surface area contributed by atoms with Crippen LogP contribution in [-0.2, 0) is 0 Å². The molecule has 3 N–H and O–H groups in total. The summed E-state index contributed by atoms with van der Waals surface area (Å²) < 4.78 is 7.53. The van der Waals surface area contributed by atoms with E-state index in [0.717, 1.165) is 11.7 Å². The molecule has 1 aromatic heterocycles. The minimum atomic E-state index is -0.379. The number of amides is 1. The molecule has 0 radical (unpaired) electrons. The van der Waals surface area contributed by atoms with Gasteiger partial charge in [0.15, 0.2) is 5.69 Å².